The summed E-state index contributed by atoms with van der Waals surface area (Å²) in [5, 5.41) is 0. The summed E-state index contributed by atoms with van der Waals surface area (Å²) in [4.78, 5) is 23.2. The lowest BCUT2D eigenvalue weighted by atomic mass is 10.1. The standard InChI is InChI=1S/C16H16NO4/c1-12(18)21-15-7-6-13(10-16(15)20-2)14(19)11-17-8-4-3-5-9-17/h3-10H,11H2,1-2H3/q+1. The summed E-state index contributed by atoms with van der Waals surface area (Å²) in [5.74, 6) is 0.161. The lowest BCUT2D eigenvalue weighted by molar-refractivity contribution is -0.683. The summed E-state index contributed by atoms with van der Waals surface area (Å²) >= 11 is 0. The van der Waals surface area contributed by atoms with Crippen molar-refractivity contribution in [2.24, 2.45) is 0 Å². The first-order chi connectivity index (χ1) is 10.1. The Bertz CT molecular complexity index is 653. The summed E-state index contributed by atoms with van der Waals surface area (Å²) in [6, 6.07) is 10.4. The molecule has 1 heterocycles. The zero-order chi connectivity index (χ0) is 15.2. The molecule has 0 aliphatic heterocycles. The van der Waals surface area contributed by atoms with Crippen molar-refractivity contribution in [1.82, 2.24) is 0 Å². The van der Waals surface area contributed by atoms with Gasteiger partial charge in [0.25, 0.3) is 0 Å². The molecule has 0 bridgehead atoms. The molecule has 0 atom stereocenters. The number of benzene rings is 1. The number of methoxy groups -OCH3 is 1. The molecule has 2 aromatic rings. The average Bonchev–Trinajstić information content (AvgIpc) is 2.48. The number of pyridine rings is 1. The maximum Gasteiger partial charge on any atom is 0.308 e. The Morgan fingerprint density at radius 1 is 1.10 bits per heavy atom. The van der Waals surface area contributed by atoms with Crippen LogP contribution >= 0.6 is 0 Å². The second kappa shape index (κ2) is 6.65. The van der Waals surface area contributed by atoms with Crippen LogP contribution in [0.3, 0.4) is 0 Å². The van der Waals surface area contributed by atoms with Gasteiger partial charge in [0.05, 0.1) is 7.11 Å². The summed E-state index contributed by atoms with van der Waals surface area (Å²) in [6.07, 6.45) is 3.64. The van der Waals surface area contributed by atoms with E-state index in [0.29, 0.717) is 17.1 Å². The molecule has 5 nitrogen and oxygen atoms in total. The van der Waals surface area contributed by atoms with E-state index in [0.717, 1.165) is 0 Å². The molecular weight excluding hydrogens is 270 g/mol. The minimum atomic E-state index is -0.438. The molecule has 2 rings (SSSR count). The number of ether oxygens (including phenoxy) is 2. The van der Waals surface area contributed by atoms with Crippen molar-refractivity contribution in [2.75, 3.05) is 7.11 Å². The molecule has 0 fully saturated rings. The second-order valence-corrected chi connectivity index (χ2v) is 4.43. The molecule has 1 aromatic carbocycles. The van der Waals surface area contributed by atoms with Gasteiger partial charge in [0.15, 0.2) is 23.9 Å². The van der Waals surface area contributed by atoms with E-state index in [4.69, 9.17) is 9.47 Å². The van der Waals surface area contributed by atoms with Crippen molar-refractivity contribution < 1.29 is 23.6 Å². The molecule has 21 heavy (non-hydrogen) atoms. The Labute approximate surface area is 122 Å². The van der Waals surface area contributed by atoms with Gasteiger partial charge in [-0.05, 0) is 18.2 Å². The van der Waals surface area contributed by atoms with Gasteiger partial charge in [-0.3, -0.25) is 9.59 Å². The lowest BCUT2D eigenvalue weighted by Gasteiger charge is -2.09. The topological polar surface area (TPSA) is 56.5 Å². The van der Waals surface area contributed by atoms with E-state index >= 15 is 0 Å². The SMILES string of the molecule is COc1cc(C(=O)C[n+]2ccccc2)ccc1OC(C)=O. The number of hydrogen-bond acceptors (Lipinski definition) is 4. The monoisotopic (exact) mass is 286 g/mol. The van der Waals surface area contributed by atoms with Gasteiger partial charge in [0.2, 0.25) is 12.3 Å². The fourth-order valence-electron chi connectivity index (χ4n) is 1.88. The van der Waals surface area contributed by atoms with E-state index in [2.05, 4.69) is 0 Å². The van der Waals surface area contributed by atoms with Crippen LogP contribution in [0.15, 0.2) is 48.8 Å². The quantitative estimate of drug-likeness (QED) is 0.364. The van der Waals surface area contributed by atoms with Crippen LogP contribution in [0.2, 0.25) is 0 Å². The number of Topliss-reactive ketones (excluding diaryl/α,β-unsaturated/α-hetero) is 1. The zero-order valence-electron chi connectivity index (χ0n) is 11.9. The van der Waals surface area contributed by atoms with E-state index in [9.17, 15) is 9.59 Å². The number of ketones is 1. The van der Waals surface area contributed by atoms with Crippen LogP contribution in [0, 0.1) is 0 Å². The molecule has 0 amide bonds. The number of nitrogens with zero attached hydrogens (tertiary/aromatic N) is 1. The first kappa shape index (κ1) is 14.7. The molecule has 0 aliphatic rings. The molecule has 5 heteroatoms. The highest BCUT2D eigenvalue weighted by Gasteiger charge is 2.15. The highest BCUT2D eigenvalue weighted by molar-refractivity contribution is 5.95. The van der Waals surface area contributed by atoms with Gasteiger partial charge in [-0.2, -0.15) is 4.57 Å². The first-order valence-electron chi connectivity index (χ1n) is 6.44. The zero-order valence-corrected chi connectivity index (χ0v) is 11.9. The summed E-state index contributed by atoms with van der Waals surface area (Å²) < 4.78 is 11.9. The Kier molecular flexibility index (Phi) is 4.66. The Morgan fingerprint density at radius 3 is 2.43 bits per heavy atom. The molecule has 0 saturated heterocycles. The normalized spacial score (nSPS) is 10.0. The second-order valence-electron chi connectivity index (χ2n) is 4.43. The smallest absolute Gasteiger partial charge is 0.308 e. The van der Waals surface area contributed by atoms with E-state index in [1.54, 1.807) is 22.8 Å². The van der Waals surface area contributed by atoms with Gasteiger partial charge < -0.3 is 9.47 Å². The minimum absolute atomic E-state index is 0.0566. The fourth-order valence-corrected chi connectivity index (χ4v) is 1.88. The van der Waals surface area contributed by atoms with Crippen molar-refractivity contribution in [3.05, 3.63) is 54.4 Å². The van der Waals surface area contributed by atoms with Gasteiger partial charge in [-0.25, -0.2) is 0 Å². The number of rotatable bonds is 5. The van der Waals surface area contributed by atoms with Crippen molar-refractivity contribution in [2.45, 2.75) is 13.5 Å². The molecule has 0 aliphatic carbocycles. The first-order valence-corrected chi connectivity index (χ1v) is 6.44. The molecule has 0 N–H and O–H groups in total. The molecule has 0 unspecified atom stereocenters. The molecule has 0 spiro atoms. The maximum atomic E-state index is 12.2. The predicted molar refractivity (Wildman–Crippen MR) is 75.3 cm³/mol. The van der Waals surface area contributed by atoms with Crippen LogP contribution in [0.1, 0.15) is 17.3 Å². The average molecular weight is 286 g/mol. The van der Waals surface area contributed by atoms with Gasteiger partial charge in [0, 0.05) is 24.6 Å². The third-order valence-electron chi connectivity index (χ3n) is 2.84. The van der Waals surface area contributed by atoms with E-state index < -0.39 is 5.97 Å². The van der Waals surface area contributed by atoms with Crippen molar-refractivity contribution in [3.8, 4) is 11.5 Å². The lowest BCUT2D eigenvalue weighted by Crippen LogP contribution is -2.36. The molecule has 108 valence electrons. The van der Waals surface area contributed by atoms with Crippen molar-refractivity contribution in [1.29, 1.82) is 0 Å². The third kappa shape index (κ3) is 3.89. The summed E-state index contributed by atoms with van der Waals surface area (Å²) in [7, 11) is 1.46. The Balaban J connectivity index is 2.20. The van der Waals surface area contributed by atoms with Crippen LogP contribution in [0.4, 0.5) is 0 Å². The Hall–Kier alpha value is -2.69. The largest absolute Gasteiger partial charge is 0.493 e. The van der Waals surface area contributed by atoms with Crippen molar-refractivity contribution >= 4 is 11.8 Å². The number of carbonyl (C=O) groups is 2. The summed E-state index contributed by atoms with van der Waals surface area (Å²) in [5.41, 5.74) is 0.499. The highest BCUT2D eigenvalue weighted by Crippen LogP contribution is 2.28. The predicted octanol–water partition coefficient (Wildman–Crippen LogP) is 1.79. The Morgan fingerprint density at radius 2 is 1.81 bits per heavy atom. The minimum Gasteiger partial charge on any atom is -0.493 e. The fraction of sp³-hybridized carbons (Fsp3) is 0.188. The van der Waals surface area contributed by atoms with Crippen molar-refractivity contribution in [3.63, 3.8) is 0 Å². The van der Waals surface area contributed by atoms with Crippen LogP contribution in [0.5, 0.6) is 11.5 Å². The summed E-state index contributed by atoms with van der Waals surface area (Å²) in [6.45, 7) is 1.54. The molecule has 0 radical (unpaired) electrons. The van der Waals surface area contributed by atoms with Gasteiger partial charge in [0.1, 0.15) is 0 Å². The van der Waals surface area contributed by atoms with E-state index in [-0.39, 0.29) is 12.3 Å². The maximum absolute atomic E-state index is 12.2. The highest BCUT2D eigenvalue weighted by atomic mass is 16.6. The van der Waals surface area contributed by atoms with E-state index in [1.807, 2.05) is 30.6 Å². The van der Waals surface area contributed by atoms with Crippen LogP contribution < -0.4 is 14.0 Å². The number of hydrogen-bond donors (Lipinski definition) is 0. The van der Waals surface area contributed by atoms with Gasteiger partial charge in [-0.1, -0.05) is 6.07 Å². The molecular formula is C16H16NO4+. The van der Waals surface area contributed by atoms with Crippen LogP contribution in [0.25, 0.3) is 0 Å². The van der Waals surface area contributed by atoms with Crippen LogP contribution in [-0.2, 0) is 11.3 Å². The van der Waals surface area contributed by atoms with Gasteiger partial charge in [-0.15, -0.1) is 0 Å². The molecule has 0 saturated carbocycles. The van der Waals surface area contributed by atoms with E-state index in [1.165, 1.54) is 14.0 Å². The number of carbonyl (C=O) groups excluding carboxylic acids is 2. The molecule has 1 aromatic heterocycles. The number of esters is 1. The van der Waals surface area contributed by atoms with Gasteiger partial charge >= 0.3 is 5.97 Å². The third-order valence-corrected chi connectivity index (χ3v) is 2.84. The van der Waals surface area contributed by atoms with Crippen LogP contribution in [-0.4, -0.2) is 18.9 Å². The number of aromatic nitrogens is 1.